The van der Waals surface area contributed by atoms with Gasteiger partial charge in [-0.25, -0.2) is 0 Å². The van der Waals surface area contributed by atoms with Crippen molar-refractivity contribution >= 4 is 29.2 Å². The van der Waals surface area contributed by atoms with E-state index in [0.29, 0.717) is 0 Å². The Morgan fingerprint density at radius 1 is 1.10 bits per heavy atom. The monoisotopic (exact) mass is 176 g/mol. The van der Waals surface area contributed by atoms with Crippen LogP contribution < -0.4 is 5.53 Å². The van der Waals surface area contributed by atoms with Crippen LogP contribution in [0.4, 0.5) is 5.95 Å². The normalized spacial score (nSPS) is 9.40. The lowest BCUT2D eigenvalue weighted by molar-refractivity contribution is 1.01. The predicted octanol–water partition coefficient (Wildman–Crippen LogP) is 1.06. The number of aromatic nitrogens is 3. The highest BCUT2D eigenvalue weighted by molar-refractivity contribution is 6.31. The van der Waals surface area contributed by atoms with E-state index in [1.807, 2.05) is 0 Å². The van der Waals surface area contributed by atoms with E-state index < -0.39 is 0 Å². The van der Waals surface area contributed by atoms with Gasteiger partial charge in [-0.15, -0.1) is 0 Å². The zero-order valence-corrected chi connectivity index (χ0v) is 6.00. The molecular weight excluding hydrogens is 177 g/mol. The third-order valence-electron chi connectivity index (χ3n) is 0.658. The molecule has 0 aliphatic carbocycles. The second-order valence-corrected chi connectivity index (χ2v) is 1.95. The van der Waals surface area contributed by atoms with E-state index in [0.717, 1.165) is 0 Å². The standard InChI is InChI=1S/C3Cl2N5/c4-1-7-2(5)9-3(8-1)10-6. The summed E-state index contributed by atoms with van der Waals surface area (Å²) in [5.41, 5.74) is 8.14. The van der Waals surface area contributed by atoms with E-state index >= 15 is 0 Å². The molecule has 0 saturated carbocycles. The van der Waals surface area contributed by atoms with Crippen molar-refractivity contribution in [3.8, 4) is 0 Å². The van der Waals surface area contributed by atoms with E-state index in [-0.39, 0.29) is 16.5 Å². The van der Waals surface area contributed by atoms with Gasteiger partial charge in [-0.1, -0.05) is 5.11 Å². The van der Waals surface area contributed by atoms with Gasteiger partial charge in [0, 0.05) is 0 Å². The molecule has 0 unspecified atom stereocenters. The highest BCUT2D eigenvalue weighted by atomic mass is 35.5. The summed E-state index contributed by atoms with van der Waals surface area (Å²) in [6.45, 7) is 0. The maximum Gasteiger partial charge on any atom is 0.276 e. The van der Waals surface area contributed by atoms with E-state index in [4.69, 9.17) is 28.7 Å². The van der Waals surface area contributed by atoms with Crippen LogP contribution in [-0.2, 0) is 0 Å². The van der Waals surface area contributed by atoms with Gasteiger partial charge in [-0.3, -0.25) is 0 Å². The van der Waals surface area contributed by atoms with E-state index in [9.17, 15) is 0 Å². The highest BCUT2D eigenvalue weighted by Gasteiger charge is 1.99. The van der Waals surface area contributed by atoms with Crippen molar-refractivity contribution in [3.05, 3.63) is 10.6 Å². The minimum absolute atomic E-state index is 0.104. The molecule has 51 valence electrons. The van der Waals surface area contributed by atoms with Gasteiger partial charge in [-0.2, -0.15) is 15.0 Å². The largest absolute Gasteiger partial charge is 0.276 e. The first-order valence-corrected chi connectivity index (χ1v) is 2.90. The highest BCUT2D eigenvalue weighted by Crippen LogP contribution is 2.10. The summed E-state index contributed by atoms with van der Waals surface area (Å²) in [7, 11) is 0. The summed E-state index contributed by atoms with van der Waals surface area (Å²) in [4.78, 5) is 10.2. The quantitative estimate of drug-likeness (QED) is 0.601. The van der Waals surface area contributed by atoms with Crippen LogP contribution >= 0.6 is 23.2 Å². The molecule has 0 aliphatic heterocycles. The maximum absolute atomic E-state index is 8.14. The van der Waals surface area contributed by atoms with Crippen LogP contribution in [0.3, 0.4) is 0 Å². The fourth-order valence-electron chi connectivity index (χ4n) is 0.361. The maximum atomic E-state index is 8.14. The minimum Gasteiger partial charge on any atom is -0.187 e. The molecule has 1 heterocycles. The molecule has 10 heavy (non-hydrogen) atoms. The van der Waals surface area contributed by atoms with Crippen molar-refractivity contribution in [1.29, 1.82) is 0 Å². The lowest BCUT2D eigenvalue weighted by Crippen LogP contribution is -1.87. The van der Waals surface area contributed by atoms with Crippen LogP contribution in [-0.4, -0.2) is 15.0 Å². The Kier molecular flexibility index (Phi) is 2.08. The van der Waals surface area contributed by atoms with Crippen LogP contribution in [0.1, 0.15) is 0 Å². The van der Waals surface area contributed by atoms with Gasteiger partial charge in [0.05, 0.1) is 0 Å². The predicted molar refractivity (Wildman–Crippen MR) is 34.1 cm³/mol. The Labute approximate surface area is 65.9 Å². The average Bonchev–Trinajstić information content (AvgIpc) is 1.85. The van der Waals surface area contributed by atoms with Gasteiger partial charge in [0.2, 0.25) is 10.6 Å². The number of hydrogen-bond acceptors (Lipinski definition) is 4. The molecule has 7 heteroatoms. The Hall–Kier alpha value is -0.810. The molecule has 0 bridgehead atoms. The zero-order valence-electron chi connectivity index (χ0n) is 4.49. The number of hydrogen-bond donors (Lipinski definition) is 0. The smallest absolute Gasteiger partial charge is 0.187 e. The van der Waals surface area contributed by atoms with Crippen LogP contribution in [0.15, 0.2) is 5.11 Å². The Morgan fingerprint density at radius 2 is 1.60 bits per heavy atom. The zero-order chi connectivity index (χ0) is 7.56. The molecule has 0 N–H and O–H groups in total. The third-order valence-corrected chi connectivity index (χ3v) is 0.997. The molecule has 5 nitrogen and oxygen atoms in total. The first-order chi connectivity index (χ1) is 4.72. The van der Waals surface area contributed by atoms with Crippen LogP contribution in [0.25, 0.3) is 0 Å². The lowest BCUT2D eigenvalue weighted by atomic mass is 11.0. The SMILES string of the molecule is [N]=Nc1nc(Cl)nc(Cl)n1. The van der Waals surface area contributed by atoms with Crippen molar-refractivity contribution in [2.24, 2.45) is 5.11 Å². The Morgan fingerprint density at radius 3 is 2.00 bits per heavy atom. The molecule has 0 saturated heterocycles. The number of halogens is 2. The van der Waals surface area contributed by atoms with Crippen molar-refractivity contribution in [2.45, 2.75) is 0 Å². The molecule has 0 atom stereocenters. The van der Waals surface area contributed by atoms with E-state index in [2.05, 4.69) is 20.1 Å². The van der Waals surface area contributed by atoms with Gasteiger partial charge in [0.25, 0.3) is 5.95 Å². The van der Waals surface area contributed by atoms with Gasteiger partial charge in [0.1, 0.15) is 0 Å². The molecule has 0 fully saturated rings. The molecule has 0 aromatic carbocycles. The Balaban J connectivity index is 3.18. The fraction of sp³-hybridized carbons (Fsp3) is 0. The average molecular weight is 177 g/mol. The first kappa shape index (κ1) is 7.30. The van der Waals surface area contributed by atoms with Crippen molar-refractivity contribution in [2.75, 3.05) is 0 Å². The molecule has 1 rings (SSSR count). The first-order valence-electron chi connectivity index (χ1n) is 2.14. The van der Waals surface area contributed by atoms with Crippen LogP contribution in [0, 0.1) is 0 Å². The van der Waals surface area contributed by atoms with Gasteiger partial charge < -0.3 is 0 Å². The van der Waals surface area contributed by atoms with Gasteiger partial charge in [-0.05, 0) is 28.7 Å². The Bertz CT molecular complexity index is 241. The summed E-state index contributed by atoms with van der Waals surface area (Å²) in [6.07, 6.45) is 0. The fourth-order valence-corrected chi connectivity index (χ4v) is 0.715. The van der Waals surface area contributed by atoms with Crippen LogP contribution in [0.2, 0.25) is 10.6 Å². The summed E-state index contributed by atoms with van der Waals surface area (Å²) in [5, 5.41) is 2.45. The number of rotatable bonds is 1. The third kappa shape index (κ3) is 1.58. The van der Waals surface area contributed by atoms with E-state index in [1.165, 1.54) is 0 Å². The molecule has 1 aromatic rings. The van der Waals surface area contributed by atoms with Crippen molar-refractivity contribution in [3.63, 3.8) is 0 Å². The summed E-state index contributed by atoms with van der Waals surface area (Å²) in [6, 6.07) is 0. The molecule has 1 radical (unpaired) electrons. The van der Waals surface area contributed by atoms with Crippen molar-refractivity contribution in [1.82, 2.24) is 20.5 Å². The molecular formula is C3Cl2N5. The molecule has 0 aliphatic rings. The van der Waals surface area contributed by atoms with Crippen molar-refractivity contribution < 1.29 is 0 Å². The van der Waals surface area contributed by atoms with E-state index in [1.54, 1.807) is 0 Å². The van der Waals surface area contributed by atoms with Crippen LogP contribution in [0.5, 0.6) is 0 Å². The van der Waals surface area contributed by atoms with Gasteiger partial charge in [0.15, 0.2) is 0 Å². The topological polar surface area (TPSA) is 73.3 Å². The molecule has 0 amide bonds. The summed E-state index contributed by atoms with van der Waals surface area (Å²) >= 11 is 10.6. The lowest BCUT2D eigenvalue weighted by Gasteiger charge is -1.89. The van der Waals surface area contributed by atoms with Gasteiger partial charge >= 0.3 is 0 Å². The summed E-state index contributed by atoms with van der Waals surface area (Å²) in [5.74, 6) is -0.204. The minimum atomic E-state index is -0.204. The molecule has 1 aromatic heterocycles. The number of nitrogens with zero attached hydrogens (tertiary/aromatic N) is 5. The summed E-state index contributed by atoms with van der Waals surface area (Å²) < 4.78 is 0. The second kappa shape index (κ2) is 2.85. The molecule has 0 spiro atoms. The second-order valence-electron chi connectivity index (χ2n) is 1.27.